The van der Waals surface area contributed by atoms with Crippen molar-refractivity contribution in [3.8, 4) is 0 Å². The highest BCUT2D eigenvalue weighted by Crippen LogP contribution is 2.33. The molecule has 1 fully saturated rings. The summed E-state index contributed by atoms with van der Waals surface area (Å²) in [6, 6.07) is 10.0. The molecular weight excluding hydrogens is 338 g/mol. The van der Waals surface area contributed by atoms with E-state index in [1.54, 1.807) is 0 Å². The highest BCUT2D eigenvalue weighted by molar-refractivity contribution is 5.79. The molecule has 27 heavy (non-hydrogen) atoms. The molecular formula is C23H35NO3. The first-order valence-corrected chi connectivity index (χ1v) is 10.6. The van der Waals surface area contributed by atoms with Crippen LogP contribution in [0.4, 0.5) is 0 Å². The number of hydrogen-bond donors (Lipinski definition) is 0. The molecule has 0 aromatic heterocycles. The normalized spacial score (nSPS) is 19.5. The van der Waals surface area contributed by atoms with E-state index in [1.807, 2.05) is 42.2 Å². The van der Waals surface area contributed by atoms with E-state index in [4.69, 9.17) is 4.74 Å². The number of carbonyl (C=O) groups is 2. The number of carbonyl (C=O) groups excluding carboxylic acids is 2. The molecule has 1 saturated carbocycles. The summed E-state index contributed by atoms with van der Waals surface area (Å²) in [5.74, 6) is 0.869. The van der Waals surface area contributed by atoms with Crippen LogP contribution in [-0.4, -0.2) is 29.9 Å². The molecule has 0 N–H and O–H groups in total. The molecule has 0 saturated heterocycles. The number of rotatable bonds is 10. The van der Waals surface area contributed by atoms with E-state index < -0.39 is 0 Å². The summed E-state index contributed by atoms with van der Waals surface area (Å²) < 4.78 is 5.04. The smallest absolute Gasteiger partial charge is 0.307 e. The summed E-state index contributed by atoms with van der Waals surface area (Å²) in [4.78, 5) is 26.8. The quantitative estimate of drug-likeness (QED) is 0.544. The molecule has 1 aliphatic rings. The topological polar surface area (TPSA) is 46.6 Å². The van der Waals surface area contributed by atoms with Gasteiger partial charge < -0.3 is 9.64 Å². The molecule has 2 rings (SSSR count). The van der Waals surface area contributed by atoms with E-state index in [-0.39, 0.29) is 24.2 Å². The Labute approximate surface area is 164 Å². The Morgan fingerprint density at radius 2 is 1.78 bits per heavy atom. The van der Waals surface area contributed by atoms with Crippen LogP contribution in [0.5, 0.6) is 0 Å². The van der Waals surface area contributed by atoms with Crippen LogP contribution in [0.1, 0.15) is 70.8 Å². The van der Waals surface area contributed by atoms with Gasteiger partial charge in [0.1, 0.15) is 0 Å². The number of amides is 1. The first kappa shape index (κ1) is 21.5. The summed E-state index contributed by atoms with van der Waals surface area (Å²) in [5, 5.41) is 0. The van der Waals surface area contributed by atoms with Gasteiger partial charge in [0.05, 0.1) is 13.0 Å². The lowest BCUT2D eigenvalue weighted by molar-refractivity contribution is -0.145. The van der Waals surface area contributed by atoms with E-state index in [0.717, 1.165) is 37.2 Å². The van der Waals surface area contributed by atoms with E-state index in [0.29, 0.717) is 19.7 Å². The summed E-state index contributed by atoms with van der Waals surface area (Å²) >= 11 is 0. The average molecular weight is 374 g/mol. The van der Waals surface area contributed by atoms with Crippen molar-refractivity contribution in [2.75, 3.05) is 13.2 Å². The molecule has 0 spiro atoms. The maximum absolute atomic E-state index is 13.2. The van der Waals surface area contributed by atoms with Gasteiger partial charge >= 0.3 is 5.97 Å². The van der Waals surface area contributed by atoms with Crippen LogP contribution in [0.3, 0.4) is 0 Å². The monoisotopic (exact) mass is 373 g/mol. The second kappa shape index (κ2) is 11.8. The van der Waals surface area contributed by atoms with Crippen LogP contribution < -0.4 is 0 Å². The van der Waals surface area contributed by atoms with Crippen LogP contribution in [0.15, 0.2) is 30.3 Å². The maximum Gasteiger partial charge on any atom is 0.307 e. The number of ether oxygens (including phenoxy) is 1. The molecule has 1 aromatic rings. The largest absolute Gasteiger partial charge is 0.466 e. The molecule has 0 atom stereocenters. The lowest BCUT2D eigenvalue weighted by atomic mass is 9.79. The van der Waals surface area contributed by atoms with Gasteiger partial charge in [0.15, 0.2) is 0 Å². The number of esters is 1. The second-order valence-corrected chi connectivity index (χ2v) is 7.66. The van der Waals surface area contributed by atoms with Crippen LogP contribution in [0.2, 0.25) is 0 Å². The van der Waals surface area contributed by atoms with Gasteiger partial charge in [-0.25, -0.2) is 0 Å². The van der Waals surface area contributed by atoms with Crippen LogP contribution in [0, 0.1) is 11.8 Å². The fourth-order valence-corrected chi connectivity index (χ4v) is 3.98. The molecule has 0 bridgehead atoms. The lowest BCUT2D eigenvalue weighted by Gasteiger charge is -2.32. The summed E-state index contributed by atoms with van der Waals surface area (Å²) in [6.45, 7) is 5.42. The molecule has 1 aromatic carbocycles. The first-order chi connectivity index (χ1) is 13.1. The SMILES string of the molecule is CCCCC1CCC(C(=O)N(CCC(=O)OCC)Cc2ccccc2)CC1. The standard InChI is InChI=1S/C23H35NO3/c1-3-5-9-19-12-14-21(15-13-19)23(26)24(17-16-22(25)27-4-2)18-20-10-7-6-8-11-20/h6-8,10-11,19,21H,3-5,9,12-18H2,1-2H3. The van der Waals surface area contributed by atoms with Crippen molar-refractivity contribution < 1.29 is 14.3 Å². The zero-order valence-corrected chi connectivity index (χ0v) is 17.0. The fourth-order valence-electron chi connectivity index (χ4n) is 3.98. The molecule has 1 aliphatic carbocycles. The molecule has 1 amide bonds. The van der Waals surface area contributed by atoms with Gasteiger partial charge in [0.25, 0.3) is 0 Å². The van der Waals surface area contributed by atoms with Gasteiger partial charge in [-0.3, -0.25) is 9.59 Å². The predicted molar refractivity (Wildman–Crippen MR) is 108 cm³/mol. The molecule has 0 unspecified atom stereocenters. The third kappa shape index (κ3) is 7.36. The van der Waals surface area contributed by atoms with Gasteiger partial charge in [-0.2, -0.15) is 0 Å². The number of nitrogens with zero attached hydrogens (tertiary/aromatic N) is 1. The molecule has 0 aliphatic heterocycles. The Kier molecular flexibility index (Phi) is 9.37. The summed E-state index contributed by atoms with van der Waals surface area (Å²) in [6.07, 6.45) is 8.39. The Morgan fingerprint density at radius 1 is 1.07 bits per heavy atom. The maximum atomic E-state index is 13.2. The zero-order valence-electron chi connectivity index (χ0n) is 17.0. The van der Waals surface area contributed by atoms with Gasteiger partial charge in [-0.15, -0.1) is 0 Å². The van der Waals surface area contributed by atoms with Crippen LogP contribution in [0.25, 0.3) is 0 Å². The second-order valence-electron chi connectivity index (χ2n) is 7.66. The van der Waals surface area contributed by atoms with Crippen LogP contribution >= 0.6 is 0 Å². The van der Waals surface area contributed by atoms with Crippen molar-refractivity contribution in [2.24, 2.45) is 11.8 Å². The highest BCUT2D eigenvalue weighted by atomic mass is 16.5. The fraction of sp³-hybridized carbons (Fsp3) is 0.652. The number of benzene rings is 1. The van der Waals surface area contributed by atoms with E-state index in [9.17, 15) is 9.59 Å². The zero-order chi connectivity index (χ0) is 19.5. The van der Waals surface area contributed by atoms with Gasteiger partial charge in [0, 0.05) is 19.0 Å². The van der Waals surface area contributed by atoms with E-state index >= 15 is 0 Å². The van der Waals surface area contributed by atoms with Crippen molar-refractivity contribution in [2.45, 2.75) is 71.8 Å². The van der Waals surface area contributed by atoms with Crippen LogP contribution in [-0.2, 0) is 20.9 Å². The minimum Gasteiger partial charge on any atom is -0.466 e. The molecule has 4 heteroatoms. The Morgan fingerprint density at radius 3 is 2.41 bits per heavy atom. The van der Waals surface area contributed by atoms with Gasteiger partial charge in [0.2, 0.25) is 5.91 Å². The van der Waals surface area contributed by atoms with Crippen molar-refractivity contribution in [1.29, 1.82) is 0 Å². The molecule has 0 radical (unpaired) electrons. The molecule has 0 heterocycles. The van der Waals surface area contributed by atoms with E-state index in [2.05, 4.69) is 6.92 Å². The molecule has 4 nitrogen and oxygen atoms in total. The van der Waals surface area contributed by atoms with Gasteiger partial charge in [-0.1, -0.05) is 56.5 Å². The summed E-state index contributed by atoms with van der Waals surface area (Å²) in [7, 11) is 0. The Hall–Kier alpha value is -1.84. The Bertz CT molecular complexity index is 564. The first-order valence-electron chi connectivity index (χ1n) is 10.6. The lowest BCUT2D eigenvalue weighted by Crippen LogP contribution is -2.38. The molecule has 150 valence electrons. The number of unbranched alkanes of at least 4 members (excludes halogenated alkanes) is 1. The van der Waals surface area contributed by atoms with E-state index in [1.165, 1.54) is 19.3 Å². The predicted octanol–water partition coefficient (Wildman–Crippen LogP) is 4.97. The van der Waals surface area contributed by atoms with Crippen molar-refractivity contribution >= 4 is 11.9 Å². The minimum atomic E-state index is -0.230. The van der Waals surface area contributed by atoms with Crippen molar-refractivity contribution in [1.82, 2.24) is 4.90 Å². The summed E-state index contributed by atoms with van der Waals surface area (Å²) in [5.41, 5.74) is 1.10. The van der Waals surface area contributed by atoms with Gasteiger partial charge in [-0.05, 0) is 44.1 Å². The average Bonchev–Trinajstić information content (AvgIpc) is 2.70. The number of hydrogen-bond acceptors (Lipinski definition) is 3. The van der Waals surface area contributed by atoms with Crippen molar-refractivity contribution in [3.63, 3.8) is 0 Å². The Balaban J connectivity index is 1.94. The highest BCUT2D eigenvalue weighted by Gasteiger charge is 2.29. The third-order valence-electron chi connectivity index (χ3n) is 5.58. The third-order valence-corrected chi connectivity index (χ3v) is 5.58. The minimum absolute atomic E-state index is 0.105. The van der Waals surface area contributed by atoms with Crippen molar-refractivity contribution in [3.05, 3.63) is 35.9 Å².